The Kier molecular flexibility index (Phi) is 6.34. The van der Waals surface area contributed by atoms with Gasteiger partial charge in [-0.15, -0.1) is 0 Å². The van der Waals surface area contributed by atoms with E-state index in [1.165, 1.54) is 5.56 Å². The molecular weight excluding hydrogens is 318 g/mol. The number of hydrogen-bond donors (Lipinski definition) is 1. The Balaban J connectivity index is 2.68. The van der Waals surface area contributed by atoms with Crippen LogP contribution in [-0.2, 0) is 6.54 Å². The van der Waals surface area contributed by atoms with Gasteiger partial charge in [0.25, 0.3) is 0 Å². The van der Waals surface area contributed by atoms with Gasteiger partial charge < -0.3 is 14.8 Å². The van der Waals surface area contributed by atoms with Crippen LogP contribution in [0.4, 0.5) is 0 Å². The molecule has 0 aliphatic carbocycles. The summed E-state index contributed by atoms with van der Waals surface area (Å²) >= 11 is 3.52. The van der Waals surface area contributed by atoms with Crippen molar-refractivity contribution in [1.82, 2.24) is 5.32 Å². The van der Waals surface area contributed by atoms with Crippen molar-refractivity contribution in [3.8, 4) is 11.5 Å². The summed E-state index contributed by atoms with van der Waals surface area (Å²) in [6, 6.07) is 4.08. The first-order valence-electron chi connectivity index (χ1n) is 6.90. The Morgan fingerprint density at radius 2 is 1.85 bits per heavy atom. The molecule has 1 N–H and O–H groups in total. The van der Waals surface area contributed by atoms with Crippen molar-refractivity contribution >= 4 is 15.9 Å². The molecule has 1 unspecified atom stereocenters. The Hall–Kier alpha value is -0.740. The minimum absolute atomic E-state index is 0.325. The zero-order valence-corrected chi connectivity index (χ0v) is 14.9. The molecule has 0 fully saturated rings. The molecule has 0 aliphatic heterocycles. The van der Waals surface area contributed by atoms with Crippen molar-refractivity contribution in [2.45, 2.75) is 34.2 Å². The molecule has 0 aliphatic rings. The molecule has 20 heavy (non-hydrogen) atoms. The number of halogens is 1. The van der Waals surface area contributed by atoms with Gasteiger partial charge in [0, 0.05) is 6.54 Å². The average molecular weight is 344 g/mol. The zero-order valence-electron chi connectivity index (χ0n) is 13.3. The molecule has 3 nitrogen and oxygen atoms in total. The van der Waals surface area contributed by atoms with Crippen molar-refractivity contribution in [1.29, 1.82) is 0 Å². The van der Waals surface area contributed by atoms with Crippen LogP contribution in [0.1, 0.15) is 33.3 Å². The van der Waals surface area contributed by atoms with Crippen molar-refractivity contribution in [2.75, 3.05) is 20.8 Å². The number of benzene rings is 1. The lowest BCUT2D eigenvalue weighted by Crippen LogP contribution is -2.29. The van der Waals surface area contributed by atoms with E-state index in [1.807, 2.05) is 6.07 Å². The van der Waals surface area contributed by atoms with Crippen LogP contribution in [0.2, 0.25) is 0 Å². The first-order chi connectivity index (χ1) is 9.29. The number of methoxy groups -OCH3 is 2. The largest absolute Gasteiger partial charge is 0.493 e. The minimum Gasteiger partial charge on any atom is -0.493 e. The van der Waals surface area contributed by atoms with E-state index in [-0.39, 0.29) is 0 Å². The molecule has 4 heteroatoms. The number of hydrogen-bond acceptors (Lipinski definition) is 3. The molecule has 0 spiro atoms. The van der Waals surface area contributed by atoms with Crippen molar-refractivity contribution < 1.29 is 9.47 Å². The maximum absolute atomic E-state index is 5.36. The standard InChI is InChI=1S/C16H26BrNO2/c1-11(16(2,3)4)9-18-10-12-7-13(17)15(20-6)14(8-12)19-5/h7-8,11,18H,9-10H2,1-6H3. The van der Waals surface area contributed by atoms with E-state index in [4.69, 9.17) is 9.47 Å². The summed E-state index contributed by atoms with van der Waals surface area (Å²) in [6.07, 6.45) is 0. The average Bonchev–Trinajstić information content (AvgIpc) is 2.36. The van der Waals surface area contributed by atoms with Gasteiger partial charge in [-0.3, -0.25) is 0 Å². The second kappa shape index (κ2) is 7.32. The van der Waals surface area contributed by atoms with Gasteiger partial charge in [0.15, 0.2) is 11.5 Å². The molecule has 0 aromatic heterocycles. The lowest BCUT2D eigenvalue weighted by molar-refractivity contribution is 0.252. The first-order valence-corrected chi connectivity index (χ1v) is 7.70. The number of ether oxygens (including phenoxy) is 2. The Labute approximate surface area is 131 Å². The molecule has 1 aromatic rings. The third kappa shape index (κ3) is 4.67. The summed E-state index contributed by atoms with van der Waals surface area (Å²) in [6.45, 7) is 10.9. The number of rotatable bonds is 6. The molecule has 0 saturated carbocycles. The maximum Gasteiger partial charge on any atom is 0.174 e. The molecule has 114 valence electrons. The number of nitrogens with one attached hydrogen (secondary N) is 1. The molecule has 1 aromatic carbocycles. The normalized spacial score (nSPS) is 13.2. The van der Waals surface area contributed by atoms with E-state index >= 15 is 0 Å². The van der Waals surface area contributed by atoms with Crippen molar-refractivity contribution in [2.24, 2.45) is 11.3 Å². The van der Waals surface area contributed by atoms with E-state index in [2.05, 4.69) is 55.0 Å². The Morgan fingerprint density at radius 3 is 2.35 bits per heavy atom. The summed E-state index contributed by atoms with van der Waals surface area (Å²) in [5, 5.41) is 3.51. The van der Waals surface area contributed by atoms with E-state index in [0.29, 0.717) is 11.3 Å². The van der Waals surface area contributed by atoms with E-state index in [9.17, 15) is 0 Å². The summed E-state index contributed by atoms with van der Waals surface area (Å²) in [7, 11) is 3.30. The summed E-state index contributed by atoms with van der Waals surface area (Å²) in [5.41, 5.74) is 1.50. The van der Waals surface area contributed by atoms with Crippen molar-refractivity contribution in [3.63, 3.8) is 0 Å². The second-order valence-electron chi connectivity index (χ2n) is 6.21. The molecule has 1 rings (SSSR count). The molecule has 1 atom stereocenters. The fourth-order valence-electron chi connectivity index (χ4n) is 1.81. The van der Waals surface area contributed by atoms with Gasteiger partial charge in [-0.2, -0.15) is 0 Å². The van der Waals surface area contributed by atoms with Crippen LogP contribution in [-0.4, -0.2) is 20.8 Å². The molecule has 0 heterocycles. The Morgan fingerprint density at radius 1 is 1.20 bits per heavy atom. The van der Waals surface area contributed by atoms with E-state index < -0.39 is 0 Å². The minimum atomic E-state index is 0.325. The van der Waals surface area contributed by atoms with Crippen LogP contribution in [0.5, 0.6) is 11.5 Å². The van der Waals surface area contributed by atoms with Gasteiger partial charge in [0.1, 0.15) is 0 Å². The summed E-state index contributed by atoms with van der Waals surface area (Å²) in [4.78, 5) is 0. The SMILES string of the molecule is COc1cc(CNCC(C)C(C)(C)C)cc(Br)c1OC. The van der Waals surface area contributed by atoms with E-state index in [1.54, 1.807) is 14.2 Å². The van der Waals surface area contributed by atoms with Gasteiger partial charge >= 0.3 is 0 Å². The van der Waals surface area contributed by atoms with Gasteiger partial charge in [0.2, 0.25) is 0 Å². The van der Waals surface area contributed by atoms with Crippen LogP contribution in [0.25, 0.3) is 0 Å². The lowest BCUT2D eigenvalue weighted by atomic mass is 9.82. The van der Waals surface area contributed by atoms with Crippen LogP contribution < -0.4 is 14.8 Å². The molecule has 0 saturated heterocycles. The predicted molar refractivity (Wildman–Crippen MR) is 87.6 cm³/mol. The van der Waals surface area contributed by atoms with Gasteiger partial charge in [0.05, 0.1) is 18.7 Å². The second-order valence-corrected chi connectivity index (χ2v) is 7.07. The molecule has 0 radical (unpaired) electrons. The molecule has 0 amide bonds. The smallest absolute Gasteiger partial charge is 0.174 e. The van der Waals surface area contributed by atoms with Crippen LogP contribution in [0, 0.1) is 11.3 Å². The van der Waals surface area contributed by atoms with Gasteiger partial charge in [-0.1, -0.05) is 27.7 Å². The third-order valence-corrected chi connectivity index (χ3v) is 4.34. The van der Waals surface area contributed by atoms with Gasteiger partial charge in [-0.05, 0) is 51.5 Å². The highest BCUT2D eigenvalue weighted by Crippen LogP contribution is 2.36. The fraction of sp³-hybridized carbons (Fsp3) is 0.625. The predicted octanol–water partition coefficient (Wildman–Crippen LogP) is 4.24. The monoisotopic (exact) mass is 343 g/mol. The van der Waals surface area contributed by atoms with E-state index in [0.717, 1.165) is 29.1 Å². The molecule has 0 bridgehead atoms. The third-order valence-electron chi connectivity index (χ3n) is 3.75. The van der Waals surface area contributed by atoms with Crippen molar-refractivity contribution in [3.05, 3.63) is 22.2 Å². The highest BCUT2D eigenvalue weighted by Gasteiger charge is 2.19. The van der Waals surface area contributed by atoms with Gasteiger partial charge in [-0.25, -0.2) is 0 Å². The van der Waals surface area contributed by atoms with Crippen LogP contribution in [0.3, 0.4) is 0 Å². The highest BCUT2D eigenvalue weighted by atomic mass is 79.9. The Bertz CT molecular complexity index is 441. The molecular formula is C16H26BrNO2. The first kappa shape index (κ1) is 17.3. The summed E-state index contributed by atoms with van der Waals surface area (Å²) < 4.78 is 11.6. The highest BCUT2D eigenvalue weighted by molar-refractivity contribution is 9.10. The zero-order chi connectivity index (χ0) is 15.3. The quantitative estimate of drug-likeness (QED) is 0.837. The fourth-order valence-corrected chi connectivity index (χ4v) is 2.46. The topological polar surface area (TPSA) is 30.5 Å². The van der Waals surface area contributed by atoms with Crippen LogP contribution in [0.15, 0.2) is 16.6 Å². The maximum atomic E-state index is 5.36. The summed E-state index contributed by atoms with van der Waals surface area (Å²) in [5.74, 6) is 2.10. The van der Waals surface area contributed by atoms with Crippen LogP contribution >= 0.6 is 15.9 Å². The lowest BCUT2D eigenvalue weighted by Gasteiger charge is -2.27.